The molecule has 1 aliphatic rings. The number of nitrogens with one attached hydrogen (secondary N) is 1. The molecule has 0 aromatic carbocycles. The summed E-state index contributed by atoms with van der Waals surface area (Å²) in [6, 6.07) is 2.12. The molecule has 8 nitrogen and oxygen atoms in total. The fourth-order valence-corrected chi connectivity index (χ4v) is 2.73. The van der Waals surface area contributed by atoms with Gasteiger partial charge in [0, 0.05) is 19.2 Å². The quantitative estimate of drug-likeness (QED) is 0.876. The molecule has 0 bridgehead atoms. The number of amides is 1. The highest BCUT2D eigenvalue weighted by molar-refractivity contribution is 5.95. The van der Waals surface area contributed by atoms with Crippen molar-refractivity contribution < 1.29 is 22.7 Å². The highest BCUT2D eigenvalue weighted by Gasteiger charge is 2.42. The first kappa shape index (κ1) is 18.1. The van der Waals surface area contributed by atoms with E-state index in [9.17, 15) is 22.8 Å². The monoisotopic (exact) mass is 371 g/mol. The lowest BCUT2D eigenvalue weighted by molar-refractivity contribution is -0.143. The molecule has 0 aliphatic carbocycles. The van der Waals surface area contributed by atoms with Crippen LogP contribution in [0.4, 0.5) is 13.2 Å². The minimum Gasteiger partial charge on any atom is -0.375 e. The molecule has 1 N–H and O–H groups in total. The Morgan fingerprint density at radius 1 is 1.42 bits per heavy atom. The number of morpholine rings is 1. The second-order valence-electron chi connectivity index (χ2n) is 5.75. The molecular formula is C15H16F3N5O3. The van der Waals surface area contributed by atoms with Gasteiger partial charge < -0.3 is 9.64 Å². The van der Waals surface area contributed by atoms with Crippen molar-refractivity contribution in [1.29, 1.82) is 0 Å². The zero-order chi connectivity index (χ0) is 18.9. The molecule has 1 amide bonds. The fourth-order valence-electron chi connectivity index (χ4n) is 2.73. The number of halogens is 3. The Bertz CT molecular complexity index is 840. The summed E-state index contributed by atoms with van der Waals surface area (Å²) in [5.74, 6) is -1.01. The molecule has 3 heterocycles. The van der Waals surface area contributed by atoms with Gasteiger partial charge in [0.05, 0.1) is 24.5 Å². The molecular weight excluding hydrogens is 355 g/mol. The van der Waals surface area contributed by atoms with E-state index >= 15 is 0 Å². The van der Waals surface area contributed by atoms with Gasteiger partial charge in [-0.25, -0.2) is 9.78 Å². The van der Waals surface area contributed by atoms with Crippen molar-refractivity contribution in [3.8, 4) is 5.82 Å². The lowest BCUT2D eigenvalue weighted by Crippen LogP contribution is -2.45. The van der Waals surface area contributed by atoms with Crippen LogP contribution in [0.2, 0.25) is 0 Å². The van der Waals surface area contributed by atoms with Crippen molar-refractivity contribution in [1.82, 2.24) is 24.9 Å². The highest BCUT2D eigenvalue weighted by atomic mass is 19.4. The van der Waals surface area contributed by atoms with Crippen LogP contribution in [0.5, 0.6) is 0 Å². The molecule has 11 heteroatoms. The van der Waals surface area contributed by atoms with Gasteiger partial charge in [-0.05, 0) is 12.5 Å². The molecule has 2 aromatic rings. The van der Waals surface area contributed by atoms with Gasteiger partial charge in [-0.15, -0.1) is 0 Å². The lowest BCUT2D eigenvalue weighted by atomic mass is 10.1. The molecule has 0 spiro atoms. The van der Waals surface area contributed by atoms with E-state index in [0.717, 1.165) is 18.3 Å². The molecule has 26 heavy (non-hydrogen) atoms. The third-order valence-electron chi connectivity index (χ3n) is 4.03. The molecule has 140 valence electrons. The number of carbonyl (C=O) groups is 1. The summed E-state index contributed by atoms with van der Waals surface area (Å²) in [6.45, 7) is 2.56. The average molecular weight is 371 g/mol. The average Bonchev–Trinajstić information content (AvgIpc) is 3.07. The van der Waals surface area contributed by atoms with Crippen molar-refractivity contribution in [2.24, 2.45) is 0 Å². The van der Waals surface area contributed by atoms with Crippen LogP contribution < -0.4 is 5.56 Å². The topological polar surface area (TPSA) is 93.1 Å². The number of H-pyrrole nitrogens is 1. The van der Waals surface area contributed by atoms with Crippen molar-refractivity contribution >= 4 is 5.91 Å². The molecule has 1 fully saturated rings. The van der Waals surface area contributed by atoms with Crippen LogP contribution in [0.1, 0.15) is 29.4 Å². The van der Waals surface area contributed by atoms with E-state index in [1.165, 1.54) is 4.90 Å². The molecule has 1 aliphatic heterocycles. The Morgan fingerprint density at radius 2 is 2.19 bits per heavy atom. The predicted octanol–water partition coefficient (Wildman–Crippen LogP) is 1.23. The second-order valence-corrected chi connectivity index (χ2v) is 5.75. The first-order chi connectivity index (χ1) is 12.3. The van der Waals surface area contributed by atoms with E-state index in [4.69, 9.17) is 4.74 Å². The molecule has 0 radical (unpaired) electrons. The first-order valence-electron chi connectivity index (χ1n) is 7.93. The maximum absolute atomic E-state index is 13.6. The number of hydrogen-bond acceptors (Lipinski definition) is 5. The van der Waals surface area contributed by atoms with Crippen LogP contribution >= 0.6 is 0 Å². The molecule has 1 saturated heterocycles. The van der Waals surface area contributed by atoms with Crippen LogP contribution in [0.3, 0.4) is 0 Å². The Labute approximate surface area is 145 Å². The maximum atomic E-state index is 13.6. The predicted molar refractivity (Wildman–Crippen MR) is 82.9 cm³/mol. The lowest BCUT2D eigenvalue weighted by Gasteiger charge is -2.32. The van der Waals surface area contributed by atoms with E-state index in [-0.39, 0.29) is 31.6 Å². The van der Waals surface area contributed by atoms with E-state index < -0.39 is 28.9 Å². The number of hydrogen-bond donors (Lipinski definition) is 1. The molecule has 3 rings (SSSR count). The summed E-state index contributed by atoms with van der Waals surface area (Å²) in [4.78, 5) is 25.1. The zero-order valence-corrected chi connectivity index (χ0v) is 13.8. The van der Waals surface area contributed by atoms with Crippen LogP contribution in [-0.2, 0) is 10.9 Å². The van der Waals surface area contributed by atoms with Crippen LogP contribution in [-0.4, -0.2) is 56.6 Å². The summed E-state index contributed by atoms with van der Waals surface area (Å²) < 4.78 is 46.8. The normalized spacial score (nSPS) is 18.2. The summed E-state index contributed by atoms with van der Waals surface area (Å²) in [7, 11) is 0. The van der Waals surface area contributed by atoms with E-state index in [2.05, 4.69) is 10.2 Å². The van der Waals surface area contributed by atoms with Crippen molar-refractivity contribution in [2.75, 3.05) is 19.7 Å². The van der Waals surface area contributed by atoms with Crippen molar-refractivity contribution in [3.05, 3.63) is 39.9 Å². The smallest absolute Gasteiger partial charge is 0.375 e. The van der Waals surface area contributed by atoms with E-state index in [0.29, 0.717) is 11.1 Å². The Kier molecular flexibility index (Phi) is 4.81. The van der Waals surface area contributed by atoms with Crippen LogP contribution in [0.15, 0.2) is 23.1 Å². The standard InChI is InChI=1S/C15H16F3N5O3/c1-2-9-8-22(5-6-26-9)14(25)10-7-19-23(13(10)15(16,17)18)11-3-4-12(24)21-20-11/h3-4,7,9H,2,5-6,8H2,1H3,(H,21,24)/t9-/m0/s1. The Morgan fingerprint density at radius 3 is 2.81 bits per heavy atom. The van der Waals surface area contributed by atoms with Gasteiger partial charge in [0.2, 0.25) is 0 Å². The first-order valence-corrected chi connectivity index (χ1v) is 7.93. The van der Waals surface area contributed by atoms with E-state index in [1.807, 2.05) is 12.0 Å². The van der Waals surface area contributed by atoms with Gasteiger partial charge in [-0.3, -0.25) is 9.59 Å². The second kappa shape index (κ2) is 6.90. The molecule has 0 unspecified atom stereocenters. The van der Waals surface area contributed by atoms with Gasteiger partial charge in [-0.2, -0.15) is 23.4 Å². The number of aromatic nitrogens is 4. The van der Waals surface area contributed by atoms with Gasteiger partial charge >= 0.3 is 6.18 Å². The summed E-state index contributed by atoms with van der Waals surface area (Å²) >= 11 is 0. The SMILES string of the molecule is CC[C@H]1CN(C(=O)c2cnn(-c3ccc(=O)[nH]n3)c2C(F)(F)F)CCO1. The van der Waals surface area contributed by atoms with Crippen molar-refractivity contribution in [3.63, 3.8) is 0 Å². The number of rotatable bonds is 3. The molecule has 2 aromatic heterocycles. The van der Waals surface area contributed by atoms with Gasteiger partial charge in [0.25, 0.3) is 11.5 Å². The summed E-state index contributed by atoms with van der Waals surface area (Å²) in [5.41, 5.74) is -2.37. The minimum absolute atomic E-state index is 0.203. The zero-order valence-electron chi connectivity index (χ0n) is 13.8. The maximum Gasteiger partial charge on any atom is 0.434 e. The van der Waals surface area contributed by atoms with Gasteiger partial charge in [0.1, 0.15) is 0 Å². The number of aromatic amines is 1. The third kappa shape index (κ3) is 3.47. The largest absolute Gasteiger partial charge is 0.434 e. The Hall–Kier alpha value is -2.69. The highest BCUT2D eigenvalue weighted by Crippen LogP contribution is 2.34. The third-order valence-corrected chi connectivity index (χ3v) is 4.03. The fraction of sp³-hybridized carbons (Fsp3) is 0.467. The van der Waals surface area contributed by atoms with Gasteiger partial charge in [0.15, 0.2) is 11.5 Å². The Balaban J connectivity index is 2.01. The molecule has 0 saturated carbocycles. The van der Waals surface area contributed by atoms with Crippen LogP contribution in [0.25, 0.3) is 5.82 Å². The summed E-state index contributed by atoms with van der Waals surface area (Å²) in [6.07, 6.45) is -3.53. The molecule has 1 atom stereocenters. The number of alkyl halides is 3. The van der Waals surface area contributed by atoms with Crippen molar-refractivity contribution in [2.45, 2.75) is 25.6 Å². The summed E-state index contributed by atoms with van der Waals surface area (Å²) in [5, 5.41) is 9.27. The van der Waals surface area contributed by atoms with E-state index in [1.54, 1.807) is 0 Å². The van der Waals surface area contributed by atoms with Crippen LogP contribution in [0, 0.1) is 0 Å². The number of ether oxygens (including phenoxy) is 1. The number of nitrogens with zero attached hydrogens (tertiary/aromatic N) is 4. The minimum atomic E-state index is -4.84. The number of carbonyl (C=O) groups excluding carboxylic acids is 1. The van der Waals surface area contributed by atoms with Gasteiger partial charge in [-0.1, -0.05) is 6.92 Å².